The molecule has 18 heavy (non-hydrogen) atoms. The summed E-state index contributed by atoms with van der Waals surface area (Å²) in [6.45, 7) is 4.00. The molecule has 1 fully saturated rings. The second-order valence-electron chi connectivity index (χ2n) is 4.73. The Bertz CT molecular complexity index is 446. The van der Waals surface area contributed by atoms with Crippen LogP contribution < -0.4 is 10.6 Å². The van der Waals surface area contributed by atoms with E-state index in [-0.39, 0.29) is 11.7 Å². The summed E-state index contributed by atoms with van der Waals surface area (Å²) in [4.78, 5) is 13.8. The van der Waals surface area contributed by atoms with E-state index in [0.717, 1.165) is 18.7 Å². The minimum absolute atomic E-state index is 0.113. The molecule has 98 valence electrons. The van der Waals surface area contributed by atoms with Crippen LogP contribution in [0.25, 0.3) is 0 Å². The van der Waals surface area contributed by atoms with Crippen LogP contribution in [0.2, 0.25) is 0 Å². The Balaban J connectivity index is 1.91. The molecule has 2 rings (SSSR count). The lowest BCUT2D eigenvalue weighted by atomic mass is 10.1. The molecule has 1 aliphatic rings. The van der Waals surface area contributed by atoms with Gasteiger partial charge in [-0.2, -0.15) is 0 Å². The number of anilines is 1. The van der Waals surface area contributed by atoms with Crippen LogP contribution in [0.5, 0.6) is 0 Å². The molecule has 2 N–H and O–H groups in total. The lowest BCUT2D eigenvalue weighted by Crippen LogP contribution is -2.57. The number of hydrogen-bond donors (Lipinski definition) is 2. The molecule has 0 bridgehead atoms. The maximum absolute atomic E-state index is 13.1. The Hall–Kier alpha value is -1.46. The van der Waals surface area contributed by atoms with Gasteiger partial charge in [-0.3, -0.25) is 9.69 Å². The summed E-state index contributed by atoms with van der Waals surface area (Å²) in [7, 11) is 1.92. The molecule has 0 saturated carbocycles. The number of rotatable bonds is 4. The van der Waals surface area contributed by atoms with Gasteiger partial charge in [-0.15, -0.1) is 0 Å². The highest BCUT2D eigenvalue weighted by Gasteiger charge is 2.22. The highest BCUT2D eigenvalue weighted by molar-refractivity contribution is 5.92. The summed E-state index contributed by atoms with van der Waals surface area (Å²) < 4.78 is 13.1. The van der Waals surface area contributed by atoms with Crippen molar-refractivity contribution in [2.24, 2.45) is 0 Å². The van der Waals surface area contributed by atoms with Gasteiger partial charge < -0.3 is 10.6 Å². The summed E-state index contributed by atoms with van der Waals surface area (Å²) in [5, 5.41) is 5.90. The fraction of sp³-hybridized carbons (Fsp3) is 0.462. The van der Waals surface area contributed by atoms with Crippen LogP contribution in [0.4, 0.5) is 10.1 Å². The molecule has 1 aromatic carbocycles. The average Bonchev–Trinajstić information content (AvgIpc) is 2.20. The quantitative estimate of drug-likeness (QED) is 0.838. The van der Waals surface area contributed by atoms with E-state index in [1.165, 1.54) is 12.1 Å². The molecule has 5 heteroatoms. The zero-order valence-electron chi connectivity index (χ0n) is 10.7. The third kappa shape index (κ3) is 3.05. The number of benzene rings is 1. The Morgan fingerprint density at radius 2 is 2.28 bits per heavy atom. The Labute approximate surface area is 106 Å². The van der Waals surface area contributed by atoms with Gasteiger partial charge in [0, 0.05) is 24.8 Å². The normalized spacial score (nSPS) is 15.6. The fourth-order valence-corrected chi connectivity index (χ4v) is 1.86. The van der Waals surface area contributed by atoms with Gasteiger partial charge in [-0.05, 0) is 31.7 Å². The summed E-state index contributed by atoms with van der Waals surface area (Å²) in [5.41, 5.74) is 1.40. The van der Waals surface area contributed by atoms with Crippen LogP contribution in [0.15, 0.2) is 18.2 Å². The molecule has 1 amide bonds. The van der Waals surface area contributed by atoms with E-state index in [4.69, 9.17) is 0 Å². The van der Waals surface area contributed by atoms with Crippen molar-refractivity contribution in [2.45, 2.75) is 13.0 Å². The number of amides is 1. The highest BCUT2D eigenvalue weighted by atomic mass is 19.1. The van der Waals surface area contributed by atoms with Crippen molar-refractivity contribution in [3.8, 4) is 0 Å². The van der Waals surface area contributed by atoms with Crippen molar-refractivity contribution < 1.29 is 9.18 Å². The van der Waals surface area contributed by atoms with Crippen molar-refractivity contribution in [3.63, 3.8) is 0 Å². The van der Waals surface area contributed by atoms with Crippen LogP contribution >= 0.6 is 0 Å². The minimum Gasteiger partial charge on any atom is -0.325 e. The first-order valence-electron chi connectivity index (χ1n) is 6.03. The van der Waals surface area contributed by atoms with E-state index in [2.05, 4.69) is 10.6 Å². The van der Waals surface area contributed by atoms with Gasteiger partial charge in [0.05, 0.1) is 6.54 Å². The third-order valence-electron chi connectivity index (χ3n) is 3.25. The Morgan fingerprint density at radius 1 is 1.56 bits per heavy atom. The summed E-state index contributed by atoms with van der Waals surface area (Å²) in [6, 6.07) is 4.81. The molecule has 1 heterocycles. The van der Waals surface area contributed by atoms with Crippen LogP contribution in [-0.2, 0) is 4.79 Å². The van der Waals surface area contributed by atoms with E-state index in [1.807, 2.05) is 18.9 Å². The lowest BCUT2D eigenvalue weighted by molar-refractivity contribution is -0.117. The van der Waals surface area contributed by atoms with Crippen molar-refractivity contribution in [1.82, 2.24) is 10.2 Å². The zero-order valence-corrected chi connectivity index (χ0v) is 10.7. The van der Waals surface area contributed by atoms with E-state index in [0.29, 0.717) is 18.3 Å². The number of halogens is 1. The highest BCUT2D eigenvalue weighted by Crippen LogP contribution is 2.16. The van der Waals surface area contributed by atoms with Gasteiger partial charge in [0.15, 0.2) is 0 Å². The molecule has 0 unspecified atom stereocenters. The number of likely N-dealkylation sites (N-methyl/N-ethyl adjacent to an activating group) is 1. The van der Waals surface area contributed by atoms with Crippen LogP contribution in [-0.4, -0.2) is 43.5 Å². The number of nitrogens with one attached hydrogen (secondary N) is 2. The molecular weight excluding hydrogens is 233 g/mol. The van der Waals surface area contributed by atoms with E-state index in [9.17, 15) is 9.18 Å². The molecule has 4 nitrogen and oxygen atoms in total. The second kappa shape index (κ2) is 5.46. The maximum Gasteiger partial charge on any atom is 0.238 e. The van der Waals surface area contributed by atoms with Crippen molar-refractivity contribution >= 4 is 11.6 Å². The first kappa shape index (κ1) is 13.0. The van der Waals surface area contributed by atoms with E-state index < -0.39 is 0 Å². The SMILES string of the molecule is Cc1ccc(F)cc1NC(=O)CN(C)C1CNC1. The van der Waals surface area contributed by atoms with Gasteiger partial charge in [-0.1, -0.05) is 6.07 Å². The fourth-order valence-electron chi connectivity index (χ4n) is 1.86. The molecular formula is C13H18FN3O. The van der Waals surface area contributed by atoms with E-state index in [1.54, 1.807) is 6.07 Å². The first-order chi connectivity index (χ1) is 8.56. The molecule has 0 atom stereocenters. The number of carbonyl (C=O) groups excluding carboxylic acids is 1. The van der Waals surface area contributed by atoms with Crippen molar-refractivity contribution in [2.75, 3.05) is 32.0 Å². The molecule has 0 radical (unpaired) electrons. The smallest absolute Gasteiger partial charge is 0.238 e. The van der Waals surface area contributed by atoms with Gasteiger partial charge >= 0.3 is 0 Å². The van der Waals surface area contributed by atoms with Gasteiger partial charge in [0.2, 0.25) is 5.91 Å². The minimum atomic E-state index is -0.340. The predicted octanol–water partition coefficient (Wildman–Crippen LogP) is 0.976. The first-order valence-corrected chi connectivity index (χ1v) is 6.03. The number of aryl methyl sites for hydroxylation is 1. The summed E-state index contributed by atoms with van der Waals surface area (Å²) in [5.74, 6) is -0.453. The molecule has 0 spiro atoms. The largest absolute Gasteiger partial charge is 0.325 e. The molecule has 0 aliphatic carbocycles. The monoisotopic (exact) mass is 251 g/mol. The van der Waals surface area contributed by atoms with Gasteiger partial charge in [0.1, 0.15) is 5.82 Å². The molecule has 0 aromatic heterocycles. The molecule has 1 saturated heterocycles. The number of carbonyl (C=O) groups is 1. The Kier molecular flexibility index (Phi) is 3.93. The van der Waals surface area contributed by atoms with Crippen molar-refractivity contribution in [3.05, 3.63) is 29.6 Å². The maximum atomic E-state index is 13.1. The Morgan fingerprint density at radius 3 is 2.89 bits per heavy atom. The van der Waals surface area contributed by atoms with Crippen molar-refractivity contribution in [1.29, 1.82) is 0 Å². The predicted molar refractivity (Wildman–Crippen MR) is 69.1 cm³/mol. The standard InChI is InChI=1S/C13H18FN3O/c1-9-3-4-10(14)5-12(9)16-13(18)8-17(2)11-6-15-7-11/h3-5,11,15H,6-8H2,1-2H3,(H,16,18). The summed E-state index contributed by atoms with van der Waals surface area (Å²) >= 11 is 0. The van der Waals surface area contributed by atoms with Crippen LogP contribution in [0.1, 0.15) is 5.56 Å². The van der Waals surface area contributed by atoms with Gasteiger partial charge in [0.25, 0.3) is 0 Å². The van der Waals surface area contributed by atoms with E-state index >= 15 is 0 Å². The molecule has 1 aliphatic heterocycles. The van der Waals surface area contributed by atoms with Crippen LogP contribution in [0.3, 0.4) is 0 Å². The molecule has 1 aromatic rings. The van der Waals surface area contributed by atoms with Gasteiger partial charge in [-0.25, -0.2) is 4.39 Å². The number of nitrogens with zero attached hydrogens (tertiary/aromatic N) is 1. The average molecular weight is 251 g/mol. The zero-order chi connectivity index (χ0) is 13.1. The second-order valence-corrected chi connectivity index (χ2v) is 4.73. The number of hydrogen-bond acceptors (Lipinski definition) is 3. The summed E-state index contributed by atoms with van der Waals surface area (Å²) in [6.07, 6.45) is 0. The topological polar surface area (TPSA) is 44.4 Å². The third-order valence-corrected chi connectivity index (χ3v) is 3.25. The lowest BCUT2D eigenvalue weighted by Gasteiger charge is -2.35. The van der Waals surface area contributed by atoms with Crippen LogP contribution in [0, 0.1) is 12.7 Å².